The molecule has 6 nitrogen and oxygen atoms in total. The number of nitrogens with zero attached hydrogens (tertiary/aromatic N) is 4. The van der Waals surface area contributed by atoms with Crippen LogP contribution in [0.15, 0.2) is 28.9 Å². The van der Waals surface area contributed by atoms with E-state index in [1.54, 1.807) is 12.3 Å². The zero-order valence-electron chi connectivity index (χ0n) is 12.8. The zero-order chi connectivity index (χ0) is 16.1. The van der Waals surface area contributed by atoms with Crippen molar-refractivity contribution in [2.24, 2.45) is 0 Å². The van der Waals surface area contributed by atoms with Gasteiger partial charge in [-0.1, -0.05) is 11.6 Å². The van der Waals surface area contributed by atoms with E-state index in [2.05, 4.69) is 10.1 Å². The largest absolute Gasteiger partial charge is 0.466 e. The highest BCUT2D eigenvalue weighted by atomic mass is 35.5. The summed E-state index contributed by atoms with van der Waals surface area (Å²) in [6, 6.07) is 3.65. The van der Waals surface area contributed by atoms with Gasteiger partial charge < -0.3 is 9.32 Å². The van der Waals surface area contributed by atoms with Crippen LogP contribution in [-0.2, 0) is 6.42 Å². The summed E-state index contributed by atoms with van der Waals surface area (Å²) in [4.78, 5) is 18.8. The lowest BCUT2D eigenvalue weighted by atomic mass is 10.0. The molecule has 4 heterocycles. The Morgan fingerprint density at radius 1 is 1.43 bits per heavy atom. The average molecular weight is 331 g/mol. The summed E-state index contributed by atoms with van der Waals surface area (Å²) < 4.78 is 7.21. The summed E-state index contributed by atoms with van der Waals surface area (Å²) in [5.74, 6) is 1.74. The Kier molecular flexibility index (Phi) is 3.16. The number of carbonyl (C=O) groups excluding carboxylic acids is 1. The van der Waals surface area contributed by atoms with Crippen LogP contribution in [0.5, 0.6) is 0 Å². The van der Waals surface area contributed by atoms with Gasteiger partial charge in [-0.2, -0.15) is 5.10 Å². The molecule has 0 aromatic carbocycles. The molecule has 4 rings (SSSR count). The first-order valence-electron chi connectivity index (χ1n) is 7.44. The summed E-state index contributed by atoms with van der Waals surface area (Å²) in [5, 5.41) is 4.78. The first-order valence-corrected chi connectivity index (χ1v) is 7.82. The van der Waals surface area contributed by atoms with Crippen LogP contribution in [0.2, 0.25) is 5.02 Å². The summed E-state index contributed by atoms with van der Waals surface area (Å²) >= 11 is 5.91. The van der Waals surface area contributed by atoms with Crippen molar-refractivity contribution in [2.75, 3.05) is 6.54 Å². The van der Waals surface area contributed by atoms with Crippen molar-refractivity contribution in [3.8, 4) is 0 Å². The SMILES string of the molecule is Cc1cc2c(o1)CCN(C(=O)c1cc3ncc(Cl)cn3n1)C2C. The number of aryl methyl sites for hydroxylation is 1. The van der Waals surface area contributed by atoms with E-state index in [1.807, 2.05) is 24.8 Å². The molecule has 0 saturated heterocycles. The summed E-state index contributed by atoms with van der Waals surface area (Å²) in [6.07, 6.45) is 3.89. The molecule has 118 valence electrons. The van der Waals surface area contributed by atoms with E-state index in [0.717, 1.165) is 23.5 Å². The Hall–Kier alpha value is -2.34. The molecular formula is C16H15ClN4O2. The molecule has 23 heavy (non-hydrogen) atoms. The molecule has 0 radical (unpaired) electrons. The minimum absolute atomic E-state index is 0.0370. The number of aromatic nitrogens is 3. The third-order valence-corrected chi connectivity index (χ3v) is 4.42. The molecule has 3 aromatic rings. The number of furan rings is 1. The number of amides is 1. The normalized spacial score (nSPS) is 17.5. The number of halogens is 1. The van der Waals surface area contributed by atoms with E-state index in [4.69, 9.17) is 16.0 Å². The van der Waals surface area contributed by atoms with Crippen molar-refractivity contribution in [1.29, 1.82) is 0 Å². The van der Waals surface area contributed by atoms with Gasteiger partial charge in [0.25, 0.3) is 5.91 Å². The van der Waals surface area contributed by atoms with Gasteiger partial charge in [0.15, 0.2) is 11.3 Å². The van der Waals surface area contributed by atoms with Gasteiger partial charge in [-0.25, -0.2) is 9.50 Å². The van der Waals surface area contributed by atoms with E-state index in [0.29, 0.717) is 22.9 Å². The van der Waals surface area contributed by atoms with Crippen LogP contribution >= 0.6 is 11.6 Å². The van der Waals surface area contributed by atoms with Gasteiger partial charge in [0.1, 0.15) is 11.5 Å². The first kappa shape index (κ1) is 14.3. The van der Waals surface area contributed by atoms with E-state index in [9.17, 15) is 4.79 Å². The van der Waals surface area contributed by atoms with Crippen LogP contribution in [0.4, 0.5) is 0 Å². The monoisotopic (exact) mass is 330 g/mol. The minimum Gasteiger partial charge on any atom is -0.466 e. The fraction of sp³-hybridized carbons (Fsp3) is 0.312. The molecule has 0 fully saturated rings. The van der Waals surface area contributed by atoms with E-state index in [-0.39, 0.29) is 11.9 Å². The highest BCUT2D eigenvalue weighted by Gasteiger charge is 2.31. The first-order chi connectivity index (χ1) is 11.0. The number of carbonyl (C=O) groups is 1. The van der Waals surface area contributed by atoms with Crippen molar-refractivity contribution < 1.29 is 9.21 Å². The van der Waals surface area contributed by atoms with Gasteiger partial charge in [-0.05, 0) is 19.9 Å². The second-order valence-corrected chi connectivity index (χ2v) is 6.20. The molecule has 7 heteroatoms. The van der Waals surface area contributed by atoms with Gasteiger partial charge in [0.2, 0.25) is 0 Å². The summed E-state index contributed by atoms with van der Waals surface area (Å²) in [7, 11) is 0. The Bertz CT molecular complexity index is 914. The van der Waals surface area contributed by atoms with Crippen LogP contribution in [-0.4, -0.2) is 31.9 Å². The molecule has 0 bridgehead atoms. The molecule has 0 spiro atoms. The molecular weight excluding hydrogens is 316 g/mol. The van der Waals surface area contributed by atoms with Gasteiger partial charge >= 0.3 is 0 Å². The van der Waals surface area contributed by atoms with Crippen molar-refractivity contribution in [2.45, 2.75) is 26.3 Å². The maximum atomic E-state index is 12.8. The molecule has 0 N–H and O–H groups in total. The fourth-order valence-electron chi connectivity index (χ4n) is 3.10. The molecule has 3 aromatic heterocycles. The summed E-state index contributed by atoms with van der Waals surface area (Å²) in [5.41, 5.74) is 2.05. The lowest BCUT2D eigenvalue weighted by molar-refractivity contribution is 0.0664. The van der Waals surface area contributed by atoms with E-state index >= 15 is 0 Å². The number of rotatable bonds is 1. The molecule has 0 saturated carbocycles. The maximum Gasteiger partial charge on any atom is 0.274 e. The molecule has 1 aliphatic heterocycles. The van der Waals surface area contributed by atoms with Gasteiger partial charge in [-0.15, -0.1) is 0 Å². The summed E-state index contributed by atoms with van der Waals surface area (Å²) in [6.45, 7) is 4.55. The zero-order valence-corrected chi connectivity index (χ0v) is 13.5. The lowest BCUT2D eigenvalue weighted by Crippen LogP contribution is -2.38. The molecule has 1 atom stereocenters. The van der Waals surface area contributed by atoms with Crippen LogP contribution in [0, 0.1) is 6.92 Å². The van der Waals surface area contributed by atoms with Crippen molar-refractivity contribution in [3.05, 3.63) is 52.3 Å². The fourth-order valence-corrected chi connectivity index (χ4v) is 3.24. The van der Waals surface area contributed by atoms with Crippen LogP contribution in [0.1, 0.15) is 40.5 Å². The second-order valence-electron chi connectivity index (χ2n) is 5.76. The van der Waals surface area contributed by atoms with Gasteiger partial charge in [0.05, 0.1) is 17.3 Å². The van der Waals surface area contributed by atoms with Crippen molar-refractivity contribution in [3.63, 3.8) is 0 Å². The molecule has 1 unspecified atom stereocenters. The third-order valence-electron chi connectivity index (χ3n) is 4.22. The minimum atomic E-state index is -0.108. The Balaban J connectivity index is 1.68. The highest BCUT2D eigenvalue weighted by Crippen LogP contribution is 2.32. The van der Waals surface area contributed by atoms with Gasteiger partial charge in [0, 0.05) is 30.8 Å². The molecule has 1 amide bonds. The highest BCUT2D eigenvalue weighted by molar-refractivity contribution is 6.30. The predicted octanol–water partition coefficient (Wildman–Crippen LogP) is 3.04. The topological polar surface area (TPSA) is 63.6 Å². The number of hydrogen-bond donors (Lipinski definition) is 0. The third kappa shape index (κ3) is 2.30. The molecule has 1 aliphatic rings. The Labute approximate surface area is 137 Å². The number of fused-ring (bicyclic) bond motifs is 2. The van der Waals surface area contributed by atoms with Crippen LogP contribution in [0.25, 0.3) is 5.65 Å². The van der Waals surface area contributed by atoms with Crippen LogP contribution in [0.3, 0.4) is 0 Å². The Morgan fingerprint density at radius 3 is 3.09 bits per heavy atom. The standard InChI is InChI=1S/C16H15ClN4O2/c1-9-5-12-10(2)20(4-3-14(12)23-9)16(22)13-6-15-18-7-11(17)8-21(15)19-13/h5-8,10H,3-4H2,1-2H3. The van der Waals surface area contributed by atoms with Gasteiger partial charge in [-0.3, -0.25) is 4.79 Å². The van der Waals surface area contributed by atoms with Crippen molar-refractivity contribution in [1.82, 2.24) is 19.5 Å². The maximum absolute atomic E-state index is 12.8. The lowest BCUT2D eigenvalue weighted by Gasteiger charge is -2.32. The smallest absolute Gasteiger partial charge is 0.274 e. The van der Waals surface area contributed by atoms with Crippen LogP contribution < -0.4 is 0 Å². The van der Waals surface area contributed by atoms with E-state index < -0.39 is 0 Å². The van der Waals surface area contributed by atoms with E-state index in [1.165, 1.54) is 10.7 Å². The second kappa shape index (κ2) is 5.09. The molecule has 0 aliphatic carbocycles. The average Bonchev–Trinajstić information content (AvgIpc) is 3.09. The quantitative estimate of drug-likeness (QED) is 0.688. The number of hydrogen-bond acceptors (Lipinski definition) is 4. The predicted molar refractivity (Wildman–Crippen MR) is 84.6 cm³/mol. The Morgan fingerprint density at radius 2 is 2.26 bits per heavy atom. The van der Waals surface area contributed by atoms with Crippen molar-refractivity contribution >= 4 is 23.2 Å².